The van der Waals surface area contributed by atoms with Gasteiger partial charge in [0, 0.05) is 17.1 Å². The number of carbonyl (C=O) groups excluding carboxylic acids is 1. The summed E-state index contributed by atoms with van der Waals surface area (Å²) in [6.45, 7) is 0. The molecule has 0 unspecified atom stereocenters. The lowest BCUT2D eigenvalue weighted by Crippen LogP contribution is -1.74. The molecule has 2 aromatic rings. The summed E-state index contributed by atoms with van der Waals surface area (Å²) in [5.74, 6) is -0.280. The third-order valence-corrected chi connectivity index (χ3v) is 2.03. The number of allylic oxidation sites excluding steroid dienone is 1. The first-order valence-corrected chi connectivity index (χ1v) is 4.20. The van der Waals surface area contributed by atoms with Gasteiger partial charge in [0.2, 0.25) is 0 Å². The highest BCUT2D eigenvalue weighted by atomic mass is 19.1. The summed E-state index contributed by atoms with van der Waals surface area (Å²) < 4.78 is 12.9. The Balaban J connectivity index is 2.60. The zero-order valence-corrected chi connectivity index (χ0v) is 7.33. The van der Waals surface area contributed by atoms with Gasteiger partial charge >= 0.3 is 0 Å². The van der Waals surface area contributed by atoms with E-state index >= 15 is 0 Å². The van der Waals surface area contributed by atoms with Gasteiger partial charge in [0.15, 0.2) is 0 Å². The lowest BCUT2D eigenvalue weighted by molar-refractivity contribution is -0.104. The number of carbonyl (C=O) groups is 1. The molecule has 0 radical (unpaired) electrons. The Hall–Kier alpha value is -1.90. The molecule has 0 aliphatic carbocycles. The summed E-state index contributed by atoms with van der Waals surface area (Å²) in [5.41, 5.74) is 1.67. The average molecular weight is 189 g/mol. The zero-order chi connectivity index (χ0) is 9.97. The SMILES string of the molecule is O=C/C=C/c1c[nH]c2ccc(F)cc12. The minimum absolute atomic E-state index is 0.280. The molecule has 0 aliphatic rings. The topological polar surface area (TPSA) is 32.9 Å². The monoisotopic (exact) mass is 189 g/mol. The van der Waals surface area contributed by atoms with E-state index in [1.54, 1.807) is 18.3 Å². The molecule has 1 heterocycles. The molecule has 2 rings (SSSR count). The van der Waals surface area contributed by atoms with Crippen molar-refractivity contribution < 1.29 is 9.18 Å². The number of hydrogen-bond acceptors (Lipinski definition) is 1. The first kappa shape index (κ1) is 8.69. The van der Waals surface area contributed by atoms with Crippen LogP contribution < -0.4 is 0 Å². The summed E-state index contributed by atoms with van der Waals surface area (Å²) in [6, 6.07) is 4.51. The van der Waals surface area contributed by atoms with E-state index in [1.807, 2.05) is 0 Å². The van der Waals surface area contributed by atoms with Crippen LogP contribution in [0.3, 0.4) is 0 Å². The van der Waals surface area contributed by atoms with E-state index in [0.717, 1.165) is 16.5 Å². The third kappa shape index (κ3) is 1.44. The van der Waals surface area contributed by atoms with E-state index in [0.29, 0.717) is 6.29 Å². The van der Waals surface area contributed by atoms with Crippen molar-refractivity contribution in [1.29, 1.82) is 0 Å². The molecule has 0 aliphatic heterocycles. The summed E-state index contributed by atoms with van der Waals surface area (Å²) in [6.07, 6.45) is 5.46. The van der Waals surface area contributed by atoms with E-state index in [-0.39, 0.29) is 5.82 Å². The van der Waals surface area contributed by atoms with Gasteiger partial charge in [-0.1, -0.05) is 0 Å². The zero-order valence-electron chi connectivity index (χ0n) is 7.33. The van der Waals surface area contributed by atoms with E-state index in [9.17, 15) is 9.18 Å². The van der Waals surface area contributed by atoms with Crippen molar-refractivity contribution in [2.24, 2.45) is 0 Å². The number of aldehydes is 1. The Bertz CT molecular complexity index is 499. The number of fused-ring (bicyclic) bond motifs is 1. The molecule has 0 bridgehead atoms. The van der Waals surface area contributed by atoms with Crippen molar-refractivity contribution in [2.45, 2.75) is 0 Å². The van der Waals surface area contributed by atoms with Gasteiger partial charge in [-0.3, -0.25) is 4.79 Å². The minimum Gasteiger partial charge on any atom is -0.361 e. The lowest BCUT2D eigenvalue weighted by Gasteiger charge is -1.91. The summed E-state index contributed by atoms with van der Waals surface area (Å²) in [7, 11) is 0. The first-order valence-electron chi connectivity index (χ1n) is 4.20. The van der Waals surface area contributed by atoms with Crippen molar-refractivity contribution in [3.05, 3.63) is 41.9 Å². The van der Waals surface area contributed by atoms with Crippen LogP contribution in [-0.4, -0.2) is 11.3 Å². The van der Waals surface area contributed by atoms with Crippen LogP contribution in [-0.2, 0) is 4.79 Å². The van der Waals surface area contributed by atoms with Crippen LogP contribution in [0.1, 0.15) is 5.56 Å². The Labute approximate surface area is 80.1 Å². The maximum Gasteiger partial charge on any atom is 0.142 e. The summed E-state index contributed by atoms with van der Waals surface area (Å²) >= 11 is 0. The van der Waals surface area contributed by atoms with Gasteiger partial charge in [-0.05, 0) is 35.9 Å². The lowest BCUT2D eigenvalue weighted by atomic mass is 10.1. The molecule has 0 atom stereocenters. The smallest absolute Gasteiger partial charge is 0.142 e. The fourth-order valence-electron chi connectivity index (χ4n) is 1.40. The van der Waals surface area contributed by atoms with Gasteiger partial charge in [0.25, 0.3) is 0 Å². The quantitative estimate of drug-likeness (QED) is 0.571. The molecule has 1 N–H and O–H groups in total. The molecule has 1 aromatic heterocycles. The molecule has 2 nitrogen and oxygen atoms in total. The number of benzene rings is 1. The largest absolute Gasteiger partial charge is 0.361 e. The summed E-state index contributed by atoms with van der Waals surface area (Å²) in [4.78, 5) is 13.1. The molecule has 70 valence electrons. The number of aromatic nitrogens is 1. The van der Waals surface area contributed by atoms with Gasteiger partial charge < -0.3 is 4.98 Å². The number of aromatic amines is 1. The Morgan fingerprint density at radius 3 is 3.00 bits per heavy atom. The van der Waals surface area contributed by atoms with Crippen LogP contribution in [0, 0.1) is 5.82 Å². The standard InChI is InChI=1S/C11H8FNO/c12-9-3-4-11-10(6-9)8(7-13-11)2-1-5-14/h1-7,13H/b2-1+. The molecule has 0 fully saturated rings. The predicted octanol–water partition coefficient (Wildman–Crippen LogP) is 2.52. The second kappa shape index (κ2) is 3.46. The molecular weight excluding hydrogens is 181 g/mol. The van der Waals surface area contributed by atoms with E-state index in [1.165, 1.54) is 18.2 Å². The predicted molar refractivity (Wildman–Crippen MR) is 53.4 cm³/mol. The second-order valence-corrected chi connectivity index (χ2v) is 2.93. The summed E-state index contributed by atoms with van der Waals surface area (Å²) in [5, 5.41) is 0.781. The normalized spacial score (nSPS) is 11.2. The fourth-order valence-corrected chi connectivity index (χ4v) is 1.40. The highest BCUT2D eigenvalue weighted by molar-refractivity contribution is 5.90. The van der Waals surface area contributed by atoms with Gasteiger partial charge in [-0.25, -0.2) is 4.39 Å². The van der Waals surface area contributed by atoms with Crippen LogP contribution in [0.4, 0.5) is 4.39 Å². The molecule has 0 amide bonds. The molecule has 0 spiro atoms. The average Bonchev–Trinajstić information content (AvgIpc) is 2.57. The number of rotatable bonds is 2. The highest BCUT2D eigenvalue weighted by Gasteiger charge is 2.01. The Morgan fingerprint density at radius 1 is 1.36 bits per heavy atom. The molecule has 14 heavy (non-hydrogen) atoms. The van der Waals surface area contributed by atoms with Crippen LogP contribution in [0.25, 0.3) is 17.0 Å². The van der Waals surface area contributed by atoms with Crippen LogP contribution in [0.2, 0.25) is 0 Å². The van der Waals surface area contributed by atoms with Crippen molar-refractivity contribution >= 4 is 23.3 Å². The van der Waals surface area contributed by atoms with Gasteiger partial charge in [0.05, 0.1) is 0 Å². The minimum atomic E-state index is -0.280. The molecule has 0 saturated carbocycles. The highest BCUT2D eigenvalue weighted by Crippen LogP contribution is 2.20. The molecular formula is C11H8FNO. The number of halogens is 1. The maximum absolute atomic E-state index is 12.9. The molecule has 1 aromatic carbocycles. The Kier molecular flexibility index (Phi) is 2.14. The first-order chi connectivity index (χ1) is 6.81. The molecule has 3 heteroatoms. The van der Waals surface area contributed by atoms with Gasteiger partial charge in [0.1, 0.15) is 12.1 Å². The van der Waals surface area contributed by atoms with E-state index in [4.69, 9.17) is 0 Å². The second-order valence-electron chi connectivity index (χ2n) is 2.93. The molecule has 0 saturated heterocycles. The van der Waals surface area contributed by atoms with E-state index in [2.05, 4.69) is 4.98 Å². The van der Waals surface area contributed by atoms with Gasteiger partial charge in [-0.2, -0.15) is 0 Å². The Morgan fingerprint density at radius 2 is 2.21 bits per heavy atom. The number of hydrogen-bond donors (Lipinski definition) is 1. The van der Waals surface area contributed by atoms with Crippen molar-refractivity contribution in [2.75, 3.05) is 0 Å². The van der Waals surface area contributed by atoms with Crippen molar-refractivity contribution in [1.82, 2.24) is 4.98 Å². The van der Waals surface area contributed by atoms with Crippen LogP contribution in [0.5, 0.6) is 0 Å². The fraction of sp³-hybridized carbons (Fsp3) is 0. The maximum atomic E-state index is 12.9. The van der Waals surface area contributed by atoms with Gasteiger partial charge in [-0.15, -0.1) is 0 Å². The third-order valence-electron chi connectivity index (χ3n) is 2.03. The van der Waals surface area contributed by atoms with Crippen molar-refractivity contribution in [3.8, 4) is 0 Å². The van der Waals surface area contributed by atoms with Crippen LogP contribution in [0.15, 0.2) is 30.5 Å². The number of H-pyrrole nitrogens is 1. The number of nitrogens with one attached hydrogen (secondary N) is 1. The van der Waals surface area contributed by atoms with Crippen molar-refractivity contribution in [3.63, 3.8) is 0 Å². The van der Waals surface area contributed by atoms with E-state index < -0.39 is 0 Å². The van der Waals surface area contributed by atoms with Crippen LogP contribution >= 0.6 is 0 Å².